The first-order valence-corrected chi connectivity index (χ1v) is 6.99. The van der Waals surface area contributed by atoms with Crippen LogP contribution in [0.5, 0.6) is 0 Å². The Kier molecular flexibility index (Phi) is 8.04. The fourth-order valence-corrected chi connectivity index (χ4v) is 2.18. The summed E-state index contributed by atoms with van der Waals surface area (Å²) in [7, 11) is 0. The molecule has 0 amide bonds. The predicted octanol–water partition coefficient (Wildman–Crippen LogP) is 3.12. The van der Waals surface area contributed by atoms with Gasteiger partial charge in [-0.15, -0.1) is 0 Å². The molecule has 0 fully saturated rings. The summed E-state index contributed by atoms with van der Waals surface area (Å²) < 4.78 is 0. The van der Waals surface area contributed by atoms with E-state index in [1.807, 2.05) is 0 Å². The molecule has 1 unspecified atom stereocenters. The van der Waals surface area contributed by atoms with Crippen molar-refractivity contribution in [3.63, 3.8) is 0 Å². The van der Waals surface area contributed by atoms with Crippen LogP contribution in [0, 0.1) is 11.3 Å². The molecule has 2 N–H and O–H groups in total. The first kappa shape index (κ1) is 15.9. The monoisotopic (exact) mass is 228 g/mol. The molecule has 0 aromatic carbocycles. The molecular weight excluding hydrogens is 196 g/mol. The van der Waals surface area contributed by atoms with Gasteiger partial charge in [-0.3, -0.25) is 0 Å². The van der Waals surface area contributed by atoms with Gasteiger partial charge in [-0.05, 0) is 37.3 Å². The molecule has 2 nitrogen and oxygen atoms in total. The minimum Gasteiger partial charge on any atom is -0.330 e. The van der Waals surface area contributed by atoms with Gasteiger partial charge < -0.3 is 10.6 Å². The predicted molar refractivity (Wildman–Crippen MR) is 73.6 cm³/mol. The van der Waals surface area contributed by atoms with Gasteiger partial charge in [0.05, 0.1) is 0 Å². The Labute approximate surface area is 103 Å². The molecule has 16 heavy (non-hydrogen) atoms. The third-order valence-electron chi connectivity index (χ3n) is 4.21. The summed E-state index contributed by atoms with van der Waals surface area (Å²) in [5, 5.41) is 0. The second kappa shape index (κ2) is 8.08. The molecule has 0 saturated heterocycles. The van der Waals surface area contributed by atoms with Gasteiger partial charge in [0.1, 0.15) is 0 Å². The fourth-order valence-electron chi connectivity index (χ4n) is 2.18. The largest absolute Gasteiger partial charge is 0.330 e. The first-order valence-electron chi connectivity index (χ1n) is 6.99. The summed E-state index contributed by atoms with van der Waals surface area (Å²) in [5.41, 5.74) is 6.31. The van der Waals surface area contributed by atoms with Gasteiger partial charge in [-0.25, -0.2) is 0 Å². The van der Waals surface area contributed by atoms with Gasteiger partial charge in [0.15, 0.2) is 0 Å². The molecule has 0 aliphatic rings. The lowest BCUT2D eigenvalue weighted by molar-refractivity contribution is 0.134. The molecule has 0 bridgehead atoms. The van der Waals surface area contributed by atoms with Crippen molar-refractivity contribution in [2.75, 3.05) is 26.2 Å². The highest BCUT2D eigenvalue weighted by Gasteiger charge is 2.27. The average Bonchev–Trinajstić information content (AvgIpc) is 2.34. The molecule has 0 radical (unpaired) electrons. The Morgan fingerprint density at radius 3 is 2.00 bits per heavy atom. The maximum atomic E-state index is 5.97. The van der Waals surface area contributed by atoms with E-state index >= 15 is 0 Å². The van der Waals surface area contributed by atoms with Gasteiger partial charge in [-0.1, -0.05) is 41.0 Å². The molecule has 0 spiro atoms. The lowest BCUT2D eigenvalue weighted by Crippen LogP contribution is -2.43. The number of hydrogen-bond acceptors (Lipinski definition) is 2. The van der Waals surface area contributed by atoms with Crippen LogP contribution in [0.15, 0.2) is 0 Å². The molecule has 0 saturated carbocycles. The van der Waals surface area contributed by atoms with E-state index in [1.165, 1.54) is 25.8 Å². The van der Waals surface area contributed by atoms with E-state index in [0.29, 0.717) is 5.41 Å². The summed E-state index contributed by atoms with van der Waals surface area (Å²) in [4.78, 5) is 2.58. The van der Waals surface area contributed by atoms with Crippen LogP contribution in [0.25, 0.3) is 0 Å². The average molecular weight is 228 g/mol. The number of hydrogen-bond donors (Lipinski definition) is 1. The van der Waals surface area contributed by atoms with Gasteiger partial charge >= 0.3 is 0 Å². The first-order chi connectivity index (χ1) is 7.57. The molecule has 0 aliphatic carbocycles. The normalized spacial score (nSPS) is 14.4. The molecule has 0 rings (SSSR count). The molecule has 0 heterocycles. The number of rotatable bonds is 9. The van der Waals surface area contributed by atoms with Crippen LogP contribution in [-0.4, -0.2) is 31.1 Å². The maximum Gasteiger partial charge on any atom is 0.00499 e. The van der Waals surface area contributed by atoms with Crippen molar-refractivity contribution >= 4 is 0 Å². The van der Waals surface area contributed by atoms with Crippen molar-refractivity contribution in [1.82, 2.24) is 4.90 Å². The summed E-state index contributed by atoms with van der Waals surface area (Å²) in [5.74, 6) is 0.795. The van der Waals surface area contributed by atoms with E-state index in [0.717, 1.165) is 25.6 Å². The zero-order valence-corrected chi connectivity index (χ0v) is 12.1. The maximum absolute atomic E-state index is 5.97. The third-order valence-corrected chi connectivity index (χ3v) is 4.21. The van der Waals surface area contributed by atoms with Gasteiger partial charge in [0.25, 0.3) is 0 Å². The Bertz CT molecular complexity index is 156. The third kappa shape index (κ3) is 4.84. The van der Waals surface area contributed by atoms with Crippen LogP contribution in [0.4, 0.5) is 0 Å². The minimum atomic E-state index is 0.337. The molecule has 1 atom stereocenters. The molecular formula is C14H32N2. The highest BCUT2D eigenvalue weighted by atomic mass is 15.1. The molecule has 0 aromatic heterocycles. The summed E-state index contributed by atoms with van der Waals surface area (Å²) in [6.07, 6.45) is 3.65. The highest BCUT2D eigenvalue weighted by Crippen LogP contribution is 2.26. The molecule has 98 valence electrons. The minimum absolute atomic E-state index is 0.337. The van der Waals surface area contributed by atoms with E-state index in [2.05, 4.69) is 39.5 Å². The SMILES string of the molecule is CCC(C)CN(CC)CC(CC)(CC)CN. The number of nitrogens with two attached hydrogens (primary N) is 1. The topological polar surface area (TPSA) is 29.3 Å². The van der Waals surface area contributed by atoms with E-state index in [-0.39, 0.29) is 0 Å². The van der Waals surface area contributed by atoms with Crippen LogP contribution in [0.3, 0.4) is 0 Å². The van der Waals surface area contributed by atoms with Crippen molar-refractivity contribution in [1.29, 1.82) is 0 Å². The fraction of sp³-hybridized carbons (Fsp3) is 1.00. The van der Waals surface area contributed by atoms with Crippen LogP contribution in [-0.2, 0) is 0 Å². The van der Waals surface area contributed by atoms with E-state index in [9.17, 15) is 0 Å². The number of nitrogens with zero attached hydrogens (tertiary/aromatic N) is 1. The highest BCUT2D eigenvalue weighted by molar-refractivity contribution is 4.81. The van der Waals surface area contributed by atoms with E-state index < -0.39 is 0 Å². The Morgan fingerprint density at radius 1 is 1.12 bits per heavy atom. The zero-order valence-electron chi connectivity index (χ0n) is 12.1. The summed E-state index contributed by atoms with van der Waals surface area (Å²) >= 11 is 0. The Balaban J connectivity index is 4.37. The smallest absolute Gasteiger partial charge is 0.00499 e. The molecule has 0 aromatic rings. The second-order valence-electron chi connectivity index (χ2n) is 5.25. The Morgan fingerprint density at radius 2 is 1.69 bits per heavy atom. The van der Waals surface area contributed by atoms with Crippen LogP contribution < -0.4 is 5.73 Å². The second-order valence-corrected chi connectivity index (χ2v) is 5.25. The van der Waals surface area contributed by atoms with Crippen molar-refractivity contribution < 1.29 is 0 Å². The summed E-state index contributed by atoms with van der Waals surface area (Å²) in [6.45, 7) is 15.8. The Hall–Kier alpha value is -0.0800. The van der Waals surface area contributed by atoms with E-state index in [1.54, 1.807) is 0 Å². The van der Waals surface area contributed by atoms with E-state index in [4.69, 9.17) is 5.73 Å². The van der Waals surface area contributed by atoms with Gasteiger partial charge in [-0.2, -0.15) is 0 Å². The van der Waals surface area contributed by atoms with Gasteiger partial charge in [0.2, 0.25) is 0 Å². The zero-order chi connectivity index (χ0) is 12.6. The standard InChI is InChI=1S/C14H32N2/c1-6-13(5)10-16(9-4)12-14(7-2,8-3)11-15/h13H,6-12,15H2,1-5H3. The lowest BCUT2D eigenvalue weighted by atomic mass is 9.81. The van der Waals surface area contributed by atoms with Crippen LogP contribution >= 0.6 is 0 Å². The van der Waals surface area contributed by atoms with Crippen molar-refractivity contribution in [3.8, 4) is 0 Å². The van der Waals surface area contributed by atoms with Gasteiger partial charge in [0, 0.05) is 13.1 Å². The van der Waals surface area contributed by atoms with Crippen molar-refractivity contribution in [3.05, 3.63) is 0 Å². The van der Waals surface area contributed by atoms with Crippen molar-refractivity contribution in [2.45, 2.75) is 53.9 Å². The van der Waals surface area contributed by atoms with Crippen LogP contribution in [0.1, 0.15) is 53.9 Å². The van der Waals surface area contributed by atoms with Crippen LogP contribution in [0.2, 0.25) is 0 Å². The molecule has 0 aliphatic heterocycles. The lowest BCUT2D eigenvalue weighted by Gasteiger charge is -2.37. The van der Waals surface area contributed by atoms with Crippen molar-refractivity contribution in [2.24, 2.45) is 17.1 Å². The molecule has 2 heteroatoms. The summed E-state index contributed by atoms with van der Waals surface area (Å²) in [6, 6.07) is 0. The quantitative estimate of drug-likeness (QED) is 0.657.